The maximum Gasteiger partial charge on any atom is 1.00 e. The number of benzene rings is 2. The monoisotopic (exact) mass is 862 g/mol. The Labute approximate surface area is 345 Å². The smallest absolute Gasteiger partial charge is 0.412 e. The van der Waals surface area contributed by atoms with Crippen molar-refractivity contribution < 1.29 is 53.5 Å². The minimum atomic E-state index is -3.95. The van der Waals surface area contributed by atoms with Crippen molar-refractivity contribution in [1.82, 2.24) is 34.0 Å². The first-order valence-corrected chi connectivity index (χ1v) is 18.5. The molecule has 0 unspecified atom stereocenters. The van der Waals surface area contributed by atoms with Gasteiger partial charge in [-0.25, -0.2) is 8.42 Å². The van der Waals surface area contributed by atoms with Crippen molar-refractivity contribution >= 4 is 26.5 Å². The van der Waals surface area contributed by atoms with Crippen molar-refractivity contribution in [3.63, 3.8) is 0 Å². The third-order valence-electron chi connectivity index (χ3n) is 8.74. The molecule has 0 saturated heterocycles. The number of rotatable bonds is 17. The predicted molar refractivity (Wildman–Crippen MR) is 209 cm³/mol. The molecule has 2 aromatic carbocycles. The first kappa shape index (κ1) is 47.0. The Bertz CT molecular complexity index is 1920. The van der Waals surface area contributed by atoms with Crippen LogP contribution < -0.4 is 4.90 Å². The van der Waals surface area contributed by atoms with E-state index < -0.39 is 10.0 Å². The molecule has 15 heteroatoms. The quantitative estimate of drug-likeness (QED) is 0.122. The summed E-state index contributed by atoms with van der Waals surface area (Å²) in [7, 11) is -0.0138. The van der Waals surface area contributed by atoms with Gasteiger partial charge in [0.2, 0.25) is 10.0 Å². The van der Waals surface area contributed by atoms with Gasteiger partial charge in [0.25, 0.3) is 0 Å². The molecular formula is C40H48Cu2N8O4S+2. The maximum absolute atomic E-state index is 14.9. The first-order valence-electron chi connectivity index (χ1n) is 17.1. The molecule has 55 heavy (non-hydrogen) atoms. The topological polar surface area (TPSA) is 162 Å². The molecule has 0 fully saturated rings. The number of nitrogens with zero attached hydrogens (tertiary/aromatic N) is 8. The summed E-state index contributed by atoms with van der Waals surface area (Å²) in [6.45, 7) is 3.70. The predicted octanol–water partition coefficient (Wildman–Crippen LogP) is 4.23. The van der Waals surface area contributed by atoms with Crippen molar-refractivity contribution in [2.45, 2.75) is 31.1 Å². The van der Waals surface area contributed by atoms with Gasteiger partial charge in [-0.05, 0) is 60.7 Å². The molecular weight excluding hydrogens is 816 g/mol. The molecule has 12 nitrogen and oxygen atoms in total. The molecule has 298 valence electrons. The van der Waals surface area contributed by atoms with Gasteiger partial charge in [0, 0.05) is 108 Å². The molecule has 0 saturated carbocycles. The van der Waals surface area contributed by atoms with Crippen LogP contribution in [0.4, 0.5) is 5.69 Å². The zero-order chi connectivity index (χ0) is 35.5. The summed E-state index contributed by atoms with van der Waals surface area (Å²) in [6.07, 6.45) is 7.13. The minimum Gasteiger partial charge on any atom is -0.412 e. The standard InChI is InChI=1S/C40H44N8O2S.2Cu.2H2O/c1-45(2)39-19-11-18-38-37(39)17-12-20-40(38)51(49,50)48(27-25-46(29-33-13-3-7-21-41-33)30-34-14-4-8-22-42-34)28-26-47(31-35-15-5-9-23-43-35)32-36-16-6-10-24-44-36;;;;/h3-24H,25-32H2,1-2H3;;;2*1H2/q;2*+1;;. The fourth-order valence-corrected chi connectivity index (χ4v) is 7.82. The Balaban J connectivity index is 0.00000261. The van der Waals surface area contributed by atoms with Gasteiger partial charge in [0.1, 0.15) is 0 Å². The molecule has 4 heterocycles. The molecule has 0 aliphatic heterocycles. The van der Waals surface area contributed by atoms with Crippen LogP contribution >= 0.6 is 0 Å². The van der Waals surface area contributed by atoms with Crippen LogP contribution in [0.25, 0.3) is 10.8 Å². The van der Waals surface area contributed by atoms with Gasteiger partial charge < -0.3 is 15.9 Å². The fourth-order valence-electron chi connectivity index (χ4n) is 6.19. The van der Waals surface area contributed by atoms with Crippen LogP contribution in [-0.2, 0) is 70.3 Å². The second-order valence-electron chi connectivity index (χ2n) is 12.6. The van der Waals surface area contributed by atoms with Crippen molar-refractivity contribution in [3.05, 3.63) is 157 Å². The van der Waals surface area contributed by atoms with E-state index in [1.54, 1.807) is 35.2 Å². The van der Waals surface area contributed by atoms with Crippen LogP contribution in [0.1, 0.15) is 22.8 Å². The molecule has 0 aliphatic carbocycles. The van der Waals surface area contributed by atoms with E-state index in [0.29, 0.717) is 49.6 Å². The first-order chi connectivity index (χ1) is 24.9. The normalized spacial score (nSPS) is 11.0. The zero-order valence-corrected chi connectivity index (χ0v) is 33.5. The molecule has 0 amide bonds. The van der Waals surface area contributed by atoms with E-state index in [1.165, 1.54) is 0 Å². The van der Waals surface area contributed by atoms with Gasteiger partial charge in [-0.15, -0.1) is 0 Å². The van der Waals surface area contributed by atoms with Gasteiger partial charge in [-0.3, -0.25) is 29.7 Å². The van der Waals surface area contributed by atoms with Crippen molar-refractivity contribution in [2.24, 2.45) is 0 Å². The Morgan fingerprint density at radius 2 is 0.855 bits per heavy atom. The van der Waals surface area contributed by atoms with Crippen LogP contribution in [0.2, 0.25) is 0 Å². The van der Waals surface area contributed by atoms with Gasteiger partial charge in [0.05, 0.1) is 27.7 Å². The van der Waals surface area contributed by atoms with Crippen molar-refractivity contribution in [2.75, 3.05) is 45.2 Å². The maximum atomic E-state index is 14.9. The van der Waals surface area contributed by atoms with Gasteiger partial charge in [0.15, 0.2) is 0 Å². The molecule has 6 aromatic rings. The summed E-state index contributed by atoms with van der Waals surface area (Å²) in [5, 5.41) is 1.59. The van der Waals surface area contributed by atoms with E-state index in [9.17, 15) is 8.42 Å². The zero-order valence-electron chi connectivity index (χ0n) is 30.8. The SMILES string of the molecule is CN(C)c1cccc2c(S(=O)(=O)N(CCN(Cc3ccccn3)Cc3ccccn3)CCN(Cc3ccccn3)Cc3ccccn3)cccc12.O.O.[Cu+].[Cu+]. The number of hydrogen-bond acceptors (Lipinski definition) is 9. The Hall–Kier alpha value is -4.11. The molecule has 0 spiro atoms. The second kappa shape index (κ2) is 23.1. The Morgan fingerprint density at radius 1 is 0.473 bits per heavy atom. The summed E-state index contributed by atoms with van der Waals surface area (Å²) < 4.78 is 31.5. The largest absolute Gasteiger partial charge is 1.00 e. The number of sulfonamides is 1. The molecule has 6 rings (SSSR count). The Morgan fingerprint density at radius 3 is 1.22 bits per heavy atom. The van der Waals surface area contributed by atoms with Crippen molar-refractivity contribution in [1.29, 1.82) is 0 Å². The van der Waals surface area contributed by atoms with Crippen LogP contribution in [0.15, 0.2) is 139 Å². The van der Waals surface area contributed by atoms with E-state index in [2.05, 4.69) is 29.7 Å². The molecule has 0 atom stereocenters. The van der Waals surface area contributed by atoms with E-state index in [4.69, 9.17) is 0 Å². The summed E-state index contributed by atoms with van der Waals surface area (Å²) in [6, 6.07) is 34.8. The average Bonchev–Trinajstić information content (AvgIpc) is 3.15. The third kappa shape index (κ3) is 13.0. The van der Waals surface area contributed by atoms with E-state index in [1.807, 2.05) is 122 Å². The van der Waals surface area contributed by atoms with Gasteiger partial charge in [-0.2, -0.15) is 4.31 Å². The molecule has 0 bridgehead atoms. The van der Waals surface area contributed by atoms with Crippen molar-refractivity contribution in [3.8, 4) is 0 Å². The summed E-state index contributed by atoms with van der Waals surface area (Å²) in [5.41, 5.74) is 4.59. The number of aromatic nitrogens is 4. The Kier molecular flexibility index (Phi) is 19.7. The molecule has 0 aliphatic rings. The summed E-state index contributed by atoms with van der Waals surface area (Å²) in [5.74, 6) is 0. The average molecular weight is 864 g/mol. The van der Waals surface area contributed by atoms with Crippen LogP contribution in [0.5, 0.6) is 0 Å². The summed E-state index contributed by atoms with van der Waals surface area (Å²) in [4.78, 5) is 25.0. The van der Waals surface area contributed by atoms with Gasteiger partial charge in [-0.1, -0.05) is 48.5 Å². The number of anilines is 1. The number of fused-ring (bicyclic) bond motifs is 1. The van der Waals surface area contributed by atoms with Crippen LogP contribution in [0.3, 0.4) is 0 Å². The van der Waals surface area contributed by atoms with E-state index in [0.717, 1.165) is 33.8 Å². The molecule has 4 aromatic heterocycles. The van der Waals surface area contributed by atoms with E-state index in [-0.39, 0.29) is 58.2 Å². The van der Waals surface area contributed by atoms with Crippen LogP contribution in [-0.4, -0.2) is 93.7 Å². The summed E-state index contributed by atoms with van der Waals surface area (Å²) >= 11 is 0. The minimum absolute atomic E-state index is 0. The third-order valence-corrected chi connectivity index (χ3v) is 10.7. The van der Waals surface area contributed by atoms with Gasteiger partial charge >= 0.3 is 34.1 Å². The molecule has 0 radical (unpaired) electrons. The molecule has 4 N–H and O–H groups in total. The number of pyridine rings is 4. The second-order valence-corrected chi connectivity index (χ2v) is 14.5. The van der Waals surface area contributed by atoms with Crippen LogP contribution in [0, 0.1) is 0 Å². The fraction of sp³-hybridized carbons (Fsp3) is 0.250. The van der Waals surface area contributed by atoms with E-state index >= 15 is 0 Å². The number of hydrogen-bond donors (Lipinski definition) is 0.